The Bertz CT molecular complexity index is 908. The first-order valence-electron chi connectivity index (χ1n) is 8.01. The molecule has 1 aliphatic heterocycles. The van der Waals surface area contributed by atoms with Gasteiger partial charge in [-0.15, -0.1) is 6.58 Å². The second-order valence-corrected chi connectivity index (χ2v) is 7.72. The lowest BCUT2D eigenvalue weighted by Gasteiger charge is -2.10. The number of nitrogens with zero attached hydrogens (tertiary/aromatic N) is 1. The quantitative estimate of drug-likeness (QED) is 0.354. The van der Waals surface area contributed by atoms with Crippen molar-refractivity contribution in [2.75, 3.05) is 6.54 Å². The van der Waals surface area contributed by atoms with Crippen molar-refractivity contribution in [3.8, 4) is 5.75 Å². The van der Waals surface area contributed by atoms with Crippen LogP contribution in [0.5, 0.6) is 5.75 Å². The minimum atomic E-state index is -0.402. The molecule has 1 heterocycles. The molecular weight excluding hydrogens is 405 g/mol. The summed E-state index contributed by atoms with van der Waals surface area (Å²) in [7, 11) is 0. The minimum absolute atomic E-state index is 0.0328. The Kier molecular flexibility index (Phi) is 6.31. The molecule has 0 aromatic heterocycles. The average molecular weight is 420 g/mol. The van der Waals surface area contributed by atoms with Gasteiger partial charge in [-0.3, -0.25) is 9.69 Å². The molecule has 3 rings (SSSR count). The molecule has 1 fully saturated rings. The summed E-state index contributed by atoms with van der Waals surface area (Å²) in [6.45, 7) is 4.06. The molecule has 138 valence electrons. The lowest BCUT2D eigenvalue weighted by molar-refractivity contribution is -0.121. The average Bonchev–Trinajstić information content (AvgIpc) is 2.90. The molecule has 3 nitrogen and oxygen atoms in total. The number of thioether (sulfide) groups is 1. The molecule has 0 aliphatic carbocycles. The van der Waals surface area contributed by atoms with Gasteiger partial charge in [0.2, 0.25) is 0 Å². The third-order valence-electron chi connectivity index (χ3n) is 3.81. The SMILES string of the molecule is C=CCN1C(=O)/C(=C\c2ccc(OCc3c(F)cccc3Cl)cc2)SC1=S. The largest absolute Gasteiger partial charge is 0.489 e. The first-order valence-corrected chi connectivity index (χ1v) is 9.62. The van der Waals surface area contributed by atoms with E-state index < -0.39 is 5.82 Å². The highest BCUT2D eigenvalue weighted by Crippen LogP contribution is 2.32. The number of thiocarbonyl (C=S) groups is 1. The molecule has 1 amide bonds. The van der Waals surface area contributed by atoms with Crippen molar-refractivity contribution in [2.45, 2.75) is 6.61 Å². The fourth-order valence-electron chi connectivity index (χ4n) is 2.42. The summed E-state index contributed by atoms with van der Waals surface area (Å²) in [5.74, 6) is 0.0470. The number of hydrogen-bond donors (Lipinski definition) is 0. The monoisotopic (exact) mass is 419 g/mol. The Morgan fingerprint density at radius 3 is 2.67 bits per heavy atom. The molecule has 1 aliphatic rings. The van der Waals surface area contributed by atoms with E-state index >= 15 is 0 Å². The zero-order valence-corrected chi connectivity index (χ0v) is 16.5. The summed E-state index contributed by atoms with van der Waals surface area (Å²) in [5, 5.41) is 0.327. The lowest BCUT2D eigenvalue weighted by Crippen LogP contribution is -2.27. The van der Waals surface area contributed by atoms with Crippen LogP contribution in [0.3, 0.4) is 0 Å². The fraction of sp³-hybridized carbons (Fsp3) is 0.100. The van der Waals surface area contributed by atoms with Crippen LogP contribution >= 0.6 is 35.6 Å². The summed E-state index contributed by atoms with van der Waals surface area (Å²) >= 11 is 12.5. The van der Waals surface area contributed by atoms with E-state index in [0.29, 0.717) is 32.1 Å². The standard InChI is InChI=1S/C20H15ClFNO2S2/c1-2-10-23-19(24)18(27-20(23)26)11-13-6-8-14(9-7-13)25-12-15-16(21)4-3-5-17(15)22/h2-9,11H,1,10,12H2/b18-11+. The Hall–Kier alpha value is -2.15. The summed E-state index contributed by atoms with van der Waals surface area (Å²) in [4.78, 5) is 14.4. The van der Waals surface area contributed by atoms with Gasteiger partial charge in [-0.25, -0.2) is 4.39 Å². The number of carbonyl (C=O) groups is 1. The Morgan fingerprint density at radius 2 is 2.00 bits per heavy atom. The Labute approximate surface area is 171 Å². The Morgan fingerprint density at radius 1 is 1.26 bits per heavy atom. The molecule has 0 saturated carbocycles. The minimum Gasteiger partial charge on any atom is -0.489 e. The van der Waals surface area contributed by atoms with Crippen LogP contribution < -0.4 is 4.74 Å². The molecule has 0 radical (unpaired) electrons. The molecule has 0 spiro atoms. The van der Waals surface area contributed by atoms with Gasteiger partial charge in [0.15, 0.2) is 0 Å². The second-order valence-electron chi connectivity index (χ2n) is 5.64. The van der Waals surface area contributed by atoms with Gasteiger partial charge in [0, 0.05) is 12.1 Å². The van der Waals surface area contributed by atoms with E-state index in [-0.39, 0.29) is 12.5 Å². The van der Waals surface area contributed by atoms with Crippen molar-refractivity contribution in [3.05, 3.63) is 82.0 Å². The van der Waals surface area contributed by atoms with E-state index in [9.17, 15) is 9.18 Å². The maximum absolute atomic E-state index is 13.8. The number of carbonyl (C=O) groups excluding carboxylic acids is 1. The highest BCUT2D eigenvalue weighted by molar-refractivity contribution is 8.26. The summed E-state index contributed by atoms with van der Waals surface area (Å²) in [6, 6.07) is 11.7. The lowest BCUT2D eigenvalue weighted by atomic mass is 10.2. The van der Waals surface area contributed by atoms with Crippen LogP contribution in [0.4, 0.5) is 4.39 Å². The number of rotatable bonds is 6. The van der Waals surface area contributed by atoms with Crippen molar-refractivity contribution in [3.63, 3.8) is 0 Å². The van der Waals surface area contributed by atoms with Crippen molar-refractivity contribution < 1.29 is 13.9 Å². The fourth-order valence-corrected chi connectivity index (χ4v) is 3.92. The molecule has 2 aromatic carbocycles. The Balaban J connectivity index is 1.68. The maximum Gasteiger partial charge on any atom is 0.266 e. The smallest absolute Gasteiger partial charge is 0.266 e. The molecule has 0 atom stereocenters. The highest BCUT2D eigenvalue weighted by atomic mass is 35.5. The number of halogens is 2. The van der Waals surface area contributed by atoms with Crippen LogP contribution in [-0.2, 0) is 11.4 Å². The summed E-state index contributed by atoms with van der Waals surface area (Å²) in [6.07, 6.45) is 3.42. The summed E-state index contributed by atoms with van der Waals surface area (Å²) < 4.78 is 19.9. The maximum atomic E-state index is 13.8. The van der Waals surface area contributed by atoms with Gasteiger partial charge in [-0.2, -0.15) is 0 Å². The van der Waals surface area contributed by atoms with E-state index in [1.54, 1.807) is 36.4 Å². The van der Waals surface area contributed by atoms with Gasteiger partial charge < -0.3 is 4.74 Å². The van der Waals surface area contributed by atoms with Crippen LogP contribution in [0.15, 0.2) is 60.0 Å². The topological polar surface area (TPSA) is 29.5 Å². The normalized spacial score (nSPS) is 15.5. The predicted molar refractivity (Wildman–Crippen MR) is 112 cm³/mol. The van der Waals surface area contributed by atoms with Crippen LogP contribution in [0.1, 0.15) is 11.1 Å². The van der Waals surface area contributed by atoms with Crippen molar-refractivity contribution in [2.24, 2.45) is 0 Å². The van der Waals surface area contributed by atoms with Crippen LogP contribution in [0.25, 0.3) is 6.08 Å². The molecule has 7 heteroatoms. The zero-order chi connectivity index (χ0) is 19.4. The molecular formula is C20H15ClFNO2S2. The summed E-state index contributed by atoms with van der Waals surface area (Å²) in [5.41, 5.74) is 1.15. The van der Waals surface area contributed by atoms with E-state index in [2.05, 4.69) is 6.58 Å². The second kappa shape index (κ2) is 8.69. The molecule has 0 unspecified atom stereocenters. The third kappa shape index (κ3) is 4.58. The molecule has 2 aromatic rings. The van der Waals surface area contributed by atoms with Crippen LogP contribution in [0.2, 0.25) is 5.02 Å². The van der Waals surface area contributed by atoms with E-state index in [4.69, 9.17) is 28.6 Å². The van der Waals surface area contributed by atoms with Gasteiger partial charge in [-0.1, -0.05) is 59.9 Å². The molecule has 1 saturated heterocycles. The van der Waals surface area contributed by atoms with Crippen molar-refractivity contribution in [1.29, 1.82) is 0 Å². The first kappa shape index (κ1) is 19.6. The van der Waals surface area contributed by atoms with E-state index in [0.717, 1.165) is 5.56 Å². The van der Waals surface area contributed by atoms with Gasteiger partial charge in [0.25, 0.3) is 5.91 Å². The number of ether oxygens (including phenoxy) is 1. The van der Waals surface area contributed by atoms with Gasteiger partial charge in [0.05, 0.1) is 9.93 Å². The molecule has 0 bridgehead atoms. The van der Waals surface area contributed by atoms with Crippen LogP contribution in [0, 0.1) is 5.82 Å². The molecule has 27 heavy (non-hydrogen) atoms. The van der Waals surface area contributed by atoms with E-state index in [1.807, 2.05) is 12.1 Å². The molecule has 0 N–H and O–H groups in total. The first-order chi connectivity index (χ1) is 13.0. The van der Waals surface area contributed by atoms with Gasteiger partial charge >= 0.3 is 0 Å². The predicted octanol–water partition coefficient (Wildman–Crippen LogP) is 5.45. The number of hydrogen-bond acceptors (Lipinski definition) is 4. The van der Waals surface area contributed by atoms with Crippen LogP contribution in [-0.4, -0.2) is 21.7 Å². The number of amides is 1. The third-order valence-corrected chi connectivity index (χ3v) is 5.54. The zero-order valence-electron chi connectivity index (χ0n) is 14.2. The van der Waals surface area contributed by atoms with Gasteiger partial charge in [0.1, 0.15) is 22.5 Å². The van der Waals surface area contributed by atoms with Crippen molar-refractivity contribution >= 4 is 51.9 Å². The highest BCUT2D eigenvalue weighted by Gasteiger charge is 2.30. The number of benzene rings is 2. The van der Waals surface area contributed by atoms with Crippen molar-refractivity contribution in [1.82, 2.24) is 4.90 Å². The van der Waals surface area contributed by atoms with E-state index in [1.165, 1.54) is 22.7 Å². The van der Waals surface area contributed by atoms with Gasteiger partial charge in [-0.05, 0) is 35.9 Å².